The molecule has 7 rings (SSSR count). The van der Waals surface area contributed by atoms with E-state index in [0.29, 0.717) is 6.42 Å². The van der Waals surface area contributed by atoms with Crippen LogP contribution in [0, 0.1) is 63.6 Å². The third-order valence-corrected chi connectivity index (χ3v) is 13.9. The topological polar surface area (TPSA) is 169 Å². The Balaban J connectivity index is 1.45. The first kappa shape index (κ1) is 30.3. The molecule has 7 aliphatic rings. The number of esters is 3. The zero-order valence-electron chi connectivity index (χ0n) is 26.5. The van der Waals surface area contributed by atoms with Crippen LogP contribution in [0.2, 0.25) is 0 Å². The molecular weight excluding hydrogens is 572 g/mol. The number of hydrogen-bond donors (Lipinski definition) is 3. The van der Waals surface area contributed by atoms with Gasteiger partial charge in [0.1, 0.15) is 30.2 Å². The van der Waals surface area contributed by atoms with E-state index in [0.717, 1.165) is 0 Å². The van der Waals surface area contributed by atoms with Crippen molar-refractivity contribution in [1.29, 1.82) is 0 Å². The molecule has 0 aromatic rings. The van der Waals surface area contributed by atoms with E-state index >= 15 is 0 Å². The minimum absolute atomic E-state index is 0.239. The second-order valence-corrected chi connectivity index (χ2v) is 15.7. The summed E-state index contributed by atoms with van der Waals surface area (Å²) in [6, 6.07) is 0. The Morgan fingerprint density at radius 3 is 2.14 bits per heavy atom. The molecule has 6 fully saturated rings. The maximum absolute atomic E-state index is 14.5. The number of epoxide rings is 1. The molecule has 18 atom stereocenters. The summed E-state index contributed by atoms with van der Waals surface area (Å²) in [7, 11) is 0. The lowest BCUT2D eigenvalue weighted by molar-refractivity contribution is -0.246. The van der Waals surface area contributed by atoms with Gasteiger partial charge in [0.2, 0.25) is 0 Å². The Morgan fingerprint density at radius 2 is 1.52 bits per heavy atom. The van der Waals surface area contributed by atoms with E-state index in [-0.39, 0.29) is 23.9 Å². The number of carbonyl (C=O) groups excluding carboxylic acids is 4. The van der Waals surface area contributed by atoms with Gasteiger partial charge in [0.25, 0.3) is 0 Å². The molecule has 4 saturated carbocycles. The van der Waals surface area contributed by atoms with Crippen LogP contribution >= 0.6 is 0 Å². The van der Waals surface area contributed by atoms with Gasteiger partial charge in [-0.1, -0.05) is 27.7 Å². The molecule has 242 valence electrons. The van der Waals surface area contributed by atoms with E-state index in [2.05, 4.69) is 0 Å². The number of aliphatic hydroxyl groups excluding tert-OH is 2. The molecule has 0 aromatic heterocycles. The van der Waals surface area contributed by atoms with Crippen molar-refractivity contribution in [2.75, 3.05) is 0 Å². The van der Waals surface area contributed by atoms with Crippen molar-refractivity contribution >= 4 is 23.7 Å². The van der Waals surface area contributed by atoms with E-state index in [9.17, 15) is 34.5 Å². The van der Waals surface area contributed by atoms with Gasteiger partial charge in [-0.3, -0.25) is 14.4 Å². The number of carbonyl (C=O) groups is 4. The summed E-state index contributed by atoms with van der Waals surface area (Å²) < 4.78 is 23.7. The van der Waals surface area contributed by atoms with Crippen LogP contribution in [-0.2, 0) is 38.1 Å². The molecule has 44 heavy (non-hydrogen) atoms. The fourth-order valence-electron chi connectivity index (χ4n) is 12.2. The third-order valence-electron chi connectivity index (χ3n) is 13.9. The maximum atomic E-state index is 14.5. The molecule has 3 N–H and O–H groups in total. The van der Waals surface area contributed by atoms with Crippen molar-refractivity contribution in [2.45, 2.75) is 104 Å². The lowest BCUT2D eigenvalue weighted by Crippen LogP contribution is -2.72. The van der Waals surface area contributed by atoms with Gasteiger partial charge in [-0.05, 0) is 50.0 Å². The Labute approximate surface area is 256 Å². The molecule has 0 bridgehead atoms. The molecule has 2 aliphatic heterocycles. The van der Waals surface area contributed by atoms with Crippen LogP contribution in [0.4, 0.5) is 0 Å². The highest BCUT2D eigenvalue weighted by Crippen LogP contribution is 2.75. The van der Waals surface area contributed by atoms with Crippen LogP contribution in [0.1, 0.15) is 61.8 Å². The number of ether oxygens (including phenoxy) is 4. The van der Waals surface area contributed by atoms with Gasteiger partial charge in [0, 0.05) is 48.3 Å². The van der Waals surface area contributed by atoms with Gasteiger partial charge in [0.05, 0.1) is 17.6 Å². The van der Waals surface area contributed by atoms with Gasteiger partial charge < -0.3 is 34.3 Å². The zero-order chi connectivity index (χ0) is 32.2. The Bertz CT molecular complexity index is 1390. The van der Waals surface area contributed by atoms with Crippen LogP contribution < -0.4 is 0 Å². The molecule has 11 nitrogen and oxygen atoms in total. The zero-order valence-corrected chi connectivity index (χ0v) is 26.5. The molecule has 2 heterocycles. The Kier molecular flexibility index (Phi) is 6.15. The molecule has 2 saturated heterocycles. The van der Waals surface area contributed by atoms with Crippen molar-refractivity contribution in [2.24, 2.45) is 63.6 Å². The van der Waals surface area contributed by atoms with Gasteiger partial charge >= 0.3 is 17.9 Å². The van der Waals surface area contributed by atoms with E-state index in [1.165, 1.54) is 20.8 Å². The van der Waals surface area contributed by atoms with Crippen molar-refractivity contribution < 1.29 is 53.4 Å². The molecular formula is C33H44O11. The number of hydrogen-bond acceptors (Lipinski definition) is 11. The number of allylic oxidation sites excluding steroid dienone is 1. The summed E-state index contributed by atoms with van der Waals surface area (Å²) in [6.07, 6.45) is -2.55. The molecule has 0 radical (unpaired) electrons. The first-order valence-corrected chi connectivity index (χ1v) is 15.9. The number of ketones is 1. The monoisotopic (exact) mass is 616 g/mol. The smallest absolute Gasteiger partial charge is 0.343 e. The number of Topliss-reactive ketones (excluding diaryl/α,β-unsaturated/α-hetero) is 1. The predicted octanol–water partition coefficient (Wildman–Crippen LogP) is 1.55. The van der Waals surface area contributed by atoms with Crippen molar-refractivity contribution in [3.05, 3.63) is 11.8 Å². The predicted molar refractivity (Wildman–Crippen MR) is 150 cm³/mol. The van der Waals surface area contributed by atoms with Crippen LogP contribution in [0.25, 0.3) is 0 Å². The van der Waals surface area contributed by atoms with Crippen LogP contribution in [0.3, 0.4) is 0 Å². The van der Waals surface area contributed by atoms with Crippen LogP contribution in [0.5, 0.6) is 0 Å². The summed E-state index contributed by atoms with van der Waals surface area (Å²) in [5.74, 6) is -6.71. The van der Waals surface area contributed by atoms with Crippen LogP contribution in [-0.4, -0.2) is 81.2 Å². The largest absolute Gasteiger partial charge is 0.462 e. The van der Waals surface area contributed by atoms with Gasteiger partial charge in [0.15, 0.2) is 11.4 Å². The normalized spacial score (nSPS) is 58.2. The summed E-state index contributed by atoms with van der Waals surface area (Å²) in [6.45, 7) is 13.5. The molecule has 0 amide bonds. The standard InChI is InChI=1S/C33H44O11/c1-11-9-17-32(7,33(8,40)29(39)44-17)22-19(11)31(6)21(25(22)38)18-20(12(2)27(31)41-13(3)34)30(5)15(23(36)24(18)37)10-16-26(43-16)28(30)42-14(4)35/h9,11-12,15-16,18-23,25-28,36,38,40H,10H2,1-8H3/t11-,12+,15-,16+,18-,19+,20+,21-,22+,23-,25-,26+,27+,28+,30+,31-,32+,33-/m1/s1. The maximum Gasteiger partial charge on any atom is 0.343 e. The minimum Gasteiger partial charge on any atom is -0.462 e. The molecule has 0 aromatic carbocycles. The van der Waals surface area contributed by atoms with Gasteiger partial charge in [-0.15, -0.1) is 0 Å². The lowest BCUT2D eigenvalue weighted by atomic mass is 9.39. The van der Waals surface area contributed by atoms with E-state index in [1.54, 1.807) is 6.92 Å². The van der Waals surface area contributed by atoms with Gasteiger partial charge in [-0.2, -0.15) is 0 Å². The first-order valence-electron chi connectivity index (χ1n) is 15.9. The fourth-order valence-corrected chi connectivity index (χ4v) is 12.2. The number of fused-ring (bicyclic) bond motifs is 10. The van der Waals surface area contributed by atoms with E-state index in [4.69, 9.17) is 18.9 Å². The third kappa shape index (κ3) is 3.27. The molecule has 11 heteroatoms. The Morgan fingerprint density at radius 1 is 0.909 bits per heavy atom. The average molecular weight is 617 g/mol. The van der Waals surface area contributed by atoms with Crippen LogP contribution in [0.15, 0.2) is 11.8 Å². The Hall–Kier alpha value is -2.34. The number of aliphatic hydroxyl groups is 3. The quantitative estimate of drug-likeness (QED) is 0.234. The molecule has 0 unspecified atom stereocenters. The summed E-state index contributed by atoms with van der Waals surface area (Å²) in [5, 5.41) is 36.0. The van der Waals surface area contributed by atoms with Crippen molar-refractivity contribution in [3.8, 4) is 0 Å². The lowest BCUT2D eigenvalue weighted by Gasteiger charge is -2.65. The van der Waals surface area contributed by atoms with Crippen molar-refractivity contribution in [3.63, 3.8) is 0 Å². The second kappa shape index (κ2) is 8.92. The minimum atomic E-state index is -1.97. The van der Waals surface area contributed by atoms with E-state index < -0.39 is 111 Å². The highest BCUT2D eigenvalue weighted by Gasteiger charge is 2.82. The summed E-state index contributed by atoms with van der Waals surface area (Å²) in [4.78, 5) is 52.8. The average Bonchev–Trinajstić information content (AvgIpc) is 3.61. The highest BCUT2D eigenvalue weighted by atomic mass is 16.6. The SMILES string of the molecule is CC(=O)O[C@H]1[C@@H](C)[C@H]2[C@@H](C(=O)[C@H](O)[C@H]3C[C@@H]4O[C@@H]4[C@H](OC(C)=O)[C@]23C)[C@@H]2[C@@H](O)[C@@H]3[C@H]([C@H](C)C=C4OC(=O)[C@@](C)(O)[C@@]43C)[C@]21C. The molecule has 5 aliphatic carbocycles. The summed E-state index contributed by atoms with van der Waals surface area (Å²) in [5.41, 5.74) is -5.26. The summed E-state index contributed by atoms with van der Waals surface area (Å²) >= 11 is 0. The fraction of sp³-hybridized carbons (Fsp3) is 0.818. The van der Waals surface area contributed by atoms with E-state index in [1.807, 2.05) is 33.8 Å². The number of rotatable bonds is 2. The highest BCUT2D eigenvalue weighted by molar-refractivity contribution is 5.88. The molecule has 0 spiro atoms. The first-order chi connectivity index (χ1) is 20.4. The van der Waals surface area contributed by atoms with Gasteiger partial charge in [-0.25, -0.2) is 4.79 Å². The second-order valence-electron chi connectivity index (χ2n) is 15.7. The van der Waals surface area contributed by atoms with Crippen molar-refractivity contribution in [1.82, 2.24) is 0 Å².